The Balaban J connectivity index is 2.45. The van der Waals surface area contributed by atoms with E-state index in [1.165, 1.54) is 6.07 Å². The monoisotopic (exact) mass is 258 g/mol. The van der Waals surface area contributed by atoms with Crippen LogP contribution in [0.2, 0.25) is 0 Å². The average molecular weight is 258 g/mol. The van der Waals surface area contributed by atoms with Crippen LogP contribution in [0.5, 0.6) is 0 Å². The van der Waals surface area contributed by atoms with E-state index < -0.39 is 0 Å². The fraction of sp³-hybridized carbons (Fsp3) is 0.357. The number of hydrogen-bond donors (Lipinski definition) is 0. The molecule has 0 fully saturated rings. The predicted octanol–water partition coefficient (Wildman–Crippen LogP) is 2.63. The third-order valence-corrected chi connectivity index (χ3v) is 2.83. The highest BCUT2D eigenvalue weighted by molar-refractivity contribution is 5.31. The van der Waals surface area contributed by atoms with Crippen LogP contribution in [0.4, 0.5) is 4.39 Å². The van der Waals surface area contributed by atoms with E-state index >= 15 is 0 Å². The van der Waals surface area contributed by atoms with E-state index in [2.05, 4.69) is 10.3 Å². The van der Waals surface area contributed by atoms with E-state index in [1.807, 2.05) is 26.8 Å². The van der Waals surface area contributed by atoms with Crippen LogP contribution >= 0.6 is 0 Å². The van der Waals surface area contributed by atoms with Crippen molar-refractivity contribution in [2.75, 3.05) is 0 Å². The number of benzene rings is 1. The van der Waals surface area contributed by atoms with E-state index in [0.717, 1.165) is 5.69 Å². The van der Waals surface area contributed by atoms with Gasteiger partial charge >= 0.3 is 0 Å². The zero-order valence-electron chi connectivity index (χ0n) is 11.2. The molecule has 0 saturated carbocycles. The minimum Gasteiger partial charge on any atom is -0.243 e. The van der Waals surface area contributed by atoms with Crippen molar-refractivity contribution in [1.82, 2.24) is 15.0 Å². The first-order chi connectivity index (χ1) is 8.93. The molecule has 2 rings (SSSR count). The molecule has 0 spiro atoms. The second kappa shape index (κ2) is 4.81. The van der Waals surface area contributed by atoms with Crippen LogP contribution in [-0.4, -0.2) is 15.0 Å². The molecule has 0 bridgehead atoms. The standard InChI is InChI=1S/C14H15FN4/c1-14(2,3)13-12(8-16)17-18-19(13)9-10-6-4-5-7-11(10)15/h4-7H,9H2,1-3H3. The molecule has 0 radical (unpaired) electrons. The SMILES string of the molecule is CC(C)(C)c1c(C#N)nnn1Cc1ccccc1F. The highest BCUT2D eigenvalue weighted by Gasteiger charge is 2.25. The number of nitriles is 1. The molecule has 0 N–H and O–H groups in total. The summed E-state index contributed by atoms with van der Waals surface area (Å²) < 4.78 is 15.3. The summed E-state index contributed by atoms with van der Waals surface area (Å²) in [6.45, 7) is 6.20. The van der Waals surface area contributed by atoms with Crippen LogP contribution in [0.15, 0.2) is 24.3 Å². The molecular formula is C14H15FN4. The van der Waals surface area contributed by atoms with Gasteiger partial charge in [0.15, 0.2) is 5.69 Å². The molecule has 5 heteroatoms. The summed E-state index contributed by atoms with van der Waals surface area (Å²) in [5.41, 5.74) is 1.27. The van der Waals surface area contributed by atoms with Crippen molar-refractivity contribution < 1.29 is 4.39 Å². The molecule has 19 heavy (non-hydrogen) atoms. The third-order valence-electron chi connectivity index (χ3n) is 2.83. The van der Waals surface area contributed by atoms with Crippen LogP contribution in [0, 0.1) is 17.1 Å². The first-order valence-corrected chi connectivity index (χ1v) is 6.01. The Kier molecular flexibility index (Phi) is 3.34. The van der Waals surface area contributed by atoms with E-state index in [9.17, 15) is 4.39 Å². The lowest BCUT2D eigenvalue weighted by molar-refractivity contribution is 0.492. The van der Waals surface area contributed by atoms with Crippen LogP contribution in [0.3, 0.4) is 0 Å². The minimum absolute atomic E-state index is 0.272. The molecule has 4 nitrogen and oxygen atoms in total. The van der Waals surface area contributed by atoms with Gasteiger partial charge in [0.1, 0.15) is 11.9 Å². The lowest BCUT2D eigenvalue weighted by Gasteiger charge is -2.19. The second-order valence-electron chi connectivity index (χ2n) is 5.40. The van der Waals surface area contributed by atoms with Gasteiger partial charge in [0.25, 0.3) is 0 Å². The van der Waals surface area contributed by atoms with E-state index in [4.69, 9.17) is 5.26 Å². The number of aromatic nitrogens is 3. The van der Waals surface area contributed by atoms with Gasteiger partial charge in [-0.3, -0.25) is 0 Å². The van der Waals surface area contributed by atoms with Crippen molar-refractivity contribution >= 4 is 0 Å². The second-order valence-corrected chi connectivity index (χ2v) is 5.40. The van der Waals surface area contributed by atoms with Crippen LogP contribution in [0.25, 0.3) is 0 Å². The van der Waals surface area contributed by atoms with Gasteiger partial charge in [0, 0.05) is 11.0 Å². The zero-order valence-corrected chi connectivity index (χ0v) is 11.2. The highest BCUT2D eigenvalue weighted by atomic mass is 19.1. The summed E-state index contributed by atoms with van der Waals surface area (Å²) in [6, 6.07) is 8.57. The molecule has 0 aliphatic heterocycles. The quantitative estimate of drug-likeness (QED) is 0.832. The molecular weight excluding hydrogens is 243 g/mol. The smallest absolute Gasteiger partial charge is 0.186 e. The van der Waals surface area contributed by atoms with E-state index in [-0.39, 0.29) is 17.8 Å². The normalized spacial score (nSPS) is 11.3. The lowest BCUT2D eigenvalue weighted by Crippen LogP contribution is -2.20. The Morgan fingerprint density at radius 2 is 2.00 bits per heavy atom. The van der Waals surface area contributed by atoms with Gasteiger partial charge < -0.3 is 0 Å². The Hall–Kier alpha value is -2.22. The van der Waals surface area contributed by atoms with Gasteiger partial charge in [0.05, 0.1) is 12.2 Å². The maximum atomic E-state index is 13.7. The average Bonchev–Trinajstić information content (AvgIpc) is 2.75. The summed E-state index contributed by atoms with van der Waals surface area (Å²) in [5.74, 6) is -0.281. The van der Waals surface area contributed by atoms with E-state index in [1.54, 1.807) is 22.9 Å². The lowest BCUT2D eigenvalue weighted by atomic mass is 9.90. The van der Waals surface area contributed by atoms with Gasteiger partial charge in [-0.15, -0.1) is 5.10 Å². The highest BCUT2D eigenvalue weighted by Crippen LogP contribution is 2.25. The third kappa shape index (κ3) is 2.63. The first kappa shape index (κ1) is 13.2. The molecule has 0 atom stereocenters. The molecule has 1 aromatic heterocycles. The molecule has 1 heterocycles. The Morgan fingerprint density at radius 1 is 1.32 bits per heavy atom. The predicted molar refractivity (Wildman–Crippen MR) is 68.9 cm³/mol. The summed E-state index contributed by atoms with van der Waals surface area (Å²) in [5, 5.41) is 16.9. The van der Waals surface area contributed by atoms with Crippen molar-refractivity contribution in [2.24, 2.45) is 0 Å². The summed E-state index contributed by atoms with van der Waals surface area (Å²) in [6.07, 6.45) is 0. The summed E-state index contributed by atoms with van der Waals surface area (Å²) in [7, 11) is 0. The maximum Gasteiger partial charge on any atom is 0.186 e. The number of nitrogens with zero attached hydrogens (tertiary/aromatic N) is 4. The number of halogens is 1. The van der Waals surface area contributed by atoms with Crippen molar-refractivity contribution in [3.63, 3.8) is 0 Å². The van der Waals surface area contributed by atoms with Gasteiger partial charge in [-0.25, -0.2) is 9.07 Å². The Bertz CT molecular complexity index is 632. The van der Waals surface area contributed by atoms with Gasteiger partial charge in [0.2, 0.25) is 0 Å². The topological polar surface area (TPSA) is 54.5 Å². The van der Waals surface area contributed by atoms with Crippen molar-refractivity contribution in [2.45, 2.75) is 32.7 Å². The van der Waals surface area contributed by atoms with Crippen LogP contribution < -0.4 is 0 Å². The molecule has 1 aromatic carbocycles. The van der Waals surface area contributed by atoms with Crippen LogP contribution in [-0.2, 0) is 12.0 Å². The van der Waals surface area contributed by atoms with E-state index in [0.29, 0.717) is 11.3 Å². The van der Waals surface area contributed by atoms with Gasteiger partial charge in [-0.1, -0.05) is 44.2 Å². The fourth-order valence-corrected chi connectivity index (χ4v) is 2.03. The van der Waals surface area contributed by atoms with Crippen molar-refractivity contribution in [3.05, 3.63) is 47.0 Å². The summed E-state index contributed by atoms with van der Waals surface area (Å²) >= 11 is 0. The van der Waals surface area contributed by atoms with Crippen molar-refractivity contribution in [3.8, 4) is 6.07 Å². The largest absolute Gasteiger partial charge is 0.243 e. The zero-order chi connectivity index (χ0) is 14.0. The fourth-order valence-electron chi connectivity index (χ4n) is 2.03. The number of hydrogen-bond acceptors (Lipinski definition) is 3. The molecule has 0 aliphatic carbocycles. The molecule has 0 saturated heterocycles. The number of rotatable bonds is 2. The molecule has 0 unspecified atom stereocenters. The minimum atomic E-state index is -0.281. The Morgan fingerprint density at radius 3 is 2.58 bits per heavy atom. The summed E-state index contributed by atoms with van der Waals surface area (Å²) in [4.78, 5) is 0. The molecule has 0 aliphatic rings. The van der Waals surface area contributed by atoms with Gasteiger partial charge in [-0.2, -0.15) is 5.26 Å². The van der Waals surface area contributed by atoms with Crippen molar-refractivity contribution in [1.29, 1.82) is 5.26 Å². The molecule has 0 amide bonds. The van der Waals surface area contributed by atoms with Crippen LogP contribution in [0.1, 0.15) is 37.7 Å². The first-order valence-electron chi connectivity index (χ1n) is 6.01. The Labute approximate surface area is 111 Å². The maximum absolute atomic E-state index is 13.7. The van der Waals surface area contributed by atoms with Gasteiger partial charge in [-0.05, 0) is 6.07 Å². The molecule has 98 valence electrons. The molecule has 2 aromatic rings.